The maximum Gasteiger partial charge on any atom is 0.177 e. The number of fused-ring (bicyclic) bond motifs is 3. The standard InChI is InChI=1S/C18H2N12/c19-1-9-10(2-20)26-8-16-18(30-14(6-24)12(4-22)28-16)17-15(7-25-9)27-11(3-21)13(5-23)29-17/h7-8H. The summed E-state index contributed by atoms with van der Waals surface area (Å²) in [6, 6.07) is 10.4. The first-order valence-corrected chi connectivity index (χ1v) is 7.67. The number of hydrogen-bond acceptors (Lipinski definition) is 12. The second-order valence-corrected chi connectivity index (χ2v) is 5.19. The number of aromatic nitrogens is 6. The van der Waals surface area contributed by atoms with Crippen LogP contribution in [-0.4, -0.2) is 29.9 Å². The second kappa shape index (κ2) is 7.82. The highest BCUT2D eigenvalue weighted by atomic mass is 14.9. The number of nitriles is 6. The molecule has 12 nitrogen and oxygen atoms in total. The molecule has 0 atom stereocenters. The van der Waals surface area contributed by atoms with Crippen LogP contribution in [0.25, 0.3) is 22.1 Å². The summed E-state index contributed by atoms with van der Waals surface area (Å²) in [5, 5.41) is 55.5. The first kappa shape index (κ1) is 19.0. The Morgan fingerprint density at radius 2 is 0.733 bits per heavy atom. The first-order chi connectivity index (χ1) is 14.6. The third-order valence-electron chi connectivity index (χ3n) is 3.56. The van der Waals surface area contributed by atoms with Crippen molar-refractivity contribution in [1.82, 2.24) is 29.9 Å². The van der Waals surface area contributed by atoms with Gasteiger partial charge in [-0.3, -0.25) is 0 Å². The molecule has 0 unspecified atom stereocenters. The minimum Gasteiger partial charge on any atom is -0.240 e. The average molecular weight is 386 g/mol. The molecule has 3 aromatic rings. The number of rotatable bonds is 0. The summed E-state index contributed by atoms with van der Waals surface area (Å²) < 4.78 is 0. The van der Waals surface area contributed by atoms with E-state index in [1.54, 1.807) is 36.4 Å². The van der Waals surface area contributed by atoms with E-state index >= 15 is 0 Å². The highest BCUT2D eigenvalue weighted by molar-refractivity contribution is 5.97. The summed E-state index contributed by atoms with van der Waals surface area (Å²) in [5.41, 5.74) is -2.26. The van der Waals surface area contributed by atoms with E-state index < -0.39 is 0 Å². The number of nitrogens with zero attached hydrogens (tertiary/aromatic N) is 12. The zero-order chi connectivity index (χ0) is 21.7. The topological polar surface area (TPSA) is 220 Å². The largest absolute Gasteiger partial charge is 0.240 e. The van der Waals surface area contributed by atoms with Gasteiger partial charge in [-0.15, -0.1) is 0 Å². The molecule has 0 saturated carbocycles. The maximum absolute atomic E-state index is 9.27. The van der Waals surface area contributed by atoms with Gasteiger partial charge in [0.2, 0.25) is 0 Å². The fraction of sp³-hybridized carbons (Fsp3) is 0. The Kier molecular flexibility index (Phi) is 4.94. The smallest absolute Gasteiger partial charge is 0.177 e. The Hall–Kier alpha value is -5.82. The van der Waals surface area contributed by atoms with Crippen LogP contribution in [0.1, 0.15) is 34.2 Å². The van der Waals surface area contributed by atoms with Crippen LogP contribution in [0.2, 0.25) is 0 Å². The van der Waals surface area contributed by atoms with Crippen molar-refractivity contribution in [1.29, 1.82) is 31.6 Å². The molecular formula is C18H2N12. The lowest BCUT2D eigenvalue weighted by Gasteiger charge is -2.02. The molecule has 0 bridgehead atoms. The van der Waals surface area contributed by atoms with Crippen molar-refractivity contribution in [3.05, 3.63) is 46.6 Å². The van der Waals surface area contributed by atoms with Crippen molar-refractivity contribution in [2.45, 2.75) is 0 Å². The Labute approximate surface area is 167 Å². The summed E-state index contributed by atoms with van der Waals surface area (Å²) in [4.78, 5) is 24.0. The Morgan fingerprint density at radius 1 is 0.433 bits per heavy atom. The molecule has 0 fully saturated rings. The molecule has 0 spiro atoms. The molecule has 0 saturated heterocycles. The van der Waals surface area contributed by atoms with Gasteiger partial charge in [-0.25, -0.2) is 29.9 Å². The van der Waals surface area contributed by atoms with Crippen molar-refractivity contribution in [2.24, 2.45) is 0 Å². The fourth-order valence-electron chi connectivity index (χ4n) is 2.27. The summed E-state index contributed by atoms with van der Waals surface area (Å²) in [5.74, 6) is 0. The highest BCUT2D eigenvalue weighted by Gasteiger charge is 2.14. The zero-order valence-electron chi connectivity index (χ0n) is 14.5. The molecule has 0 radical (unpaired) electrons. The van der Waals surface area contributed by atoms with Crippen molar-refractivity contribution in [3.8, 4) is 36.4 Å². The van der Waals surface area contributed by atoms with Gasteiger partial charge in [-0.2, -0.15) is 31.6 Å². The number of hydrogen-bond donors (Lipinski definition) is 0. The van der Waals surface area contributed by atoms with Gasteiger partial charge in [0.15, 0.2) is 34.2 Å². The Balaban J connectivity index is 2.75. The first-order valence-electron chi connectivity index (χ1n) is 7.67. The van der Waals surface area contributed by atoms with Gasteiger partial charge in [0.1, 0.15) is 58.5 Å². The normalized spacial score (nSPS) is 9.13. The van der Waals surface area contributed by atoms with E-state index in [2.05, 4.69) is 29.9 Å². The lowest BCUT2D eigenvalue weighted by atomic mass is 10.2. The van der Waals surface area contributed by atoms with Crippen LogP contribution in [0.15, 0.2) is 12.4 Å². The lowest BCUT2D eigenvalue weighted by molar-refractivity contribution is 1.15. The third kappa shape index (κ3) is 3.15. The van der Waals surface area contributed by atoms with Gasteiger partial charge in [0.25, 0.3) is 0 Å². The van der Waals surface area contributed by atoms with Gasteiger partial charge < -0.3 is 0 Å². The summed E-state index contributed by atoms with van der Waals surface area (Å²) >= 11 is 0. The van der Waals surface area contributed by atoms with E-state index in [4.69, 9.17) is 0 Å². The monoisotopic (exact) mass is 386 g/mol. The van der Waals surface area contributed by atoms with Gasteiger partial charge in [-0.05, 0) is 0 Å². The molecule has 3 rings (SSSR count). The minimum atomic E-state index is -0.352. The molecule has 12 heteroatoms. The molecule has 0 aromatic carbocycles. The van der Waals surface area contributed by atoms with Crippen molar-refractivity contribution in [3.63, 3.8) is 0 Å². The molecule has 134 valence electrons. The molecule has 0 aliphatic heterocycles. The SMILES string of the molecule is N#Cc1ncc2nc(C#N)c(C#N)nc2c2nc(C#N)c(C#N)nc2cnc1C#N. The van der Waals surface area contributed by atoms with E-state index in [0.29, 0.717) is 0 Å². The van der Waals surface area contributed by atoms with E-state index in [1.807, 2.05) is 0 Å². The molecule has 0 aliphatic rings. The van der Waals surface area contributed by atoms with Crippen LogP contribution in [0.3, 0.4) is 0 Å². The molecule has 3 heterocycles. The highest BCUT2D eigenvalue weighted by Crippen LogP contribution is 2.19. The van der Waals surface area contributed by atoms with Crippen LogP contribution in [0.5, 0.6) is 0 Å². The molecule has 3 aromatic heterocycles. The quantitative estimate of drug-likeness (QED) is 0.521. The van der Waals surface area contributed by atoms with Crippen molar-refractivity contribution >= 4 is 22.1 Å². The van der Waals surface area contributed by atoms with Gasteiger partial charge in [0, 0.05) is 0 Å². The van der Waals surface area contributed by atoms with Crippen LogP contribution in [-0.2, 0) is 0 Å². The van der Waals surface area contributed by atoms with Gasteiger partial charge >= 0.3 is 0 Å². The van der Waals surface area contributed by atoms with Gasteiger partial charge in [-0.1, -0.05) is 0 Å². The van der Waals surface area contributed by atoms with E-state index in [0.717, 1.165) is 12.4 Å². The second-order valence-electron chi connectivity index (χ2n) is 5.19. The van der Waals surface area contributed by atoms with Crippen molar-refractivity contribution in [2.75, 3.05) is 0 Å². The van der Waals surface area contributed by atoms with Crippen molar-refractivity contribution < 1.29 is 0 Å². The Bertz CT molecular complexity index is 1420. The third-order valence-corrected chi connectivity index (χ3v) is 3.56. The van der Waals surface area contributed by atoms with Crippen LogP contribution in [0.4, 0.5) is 0 Å². The maximum atomic E-state index is 9.27. The average Bonchev–Trinajstić information content (AvgIpc) is 2.79. The minimum absolute atomic E-state index is 0.0740. The van der Waals surface area contributed by atoms with E-state index in [1.165, 1.54) is 0 Å². The van der Waals surface area contributed by atoms with Crippen LogP contribution in [0, 0.1) is 68.0 Å². The Morgan fingerprint density at radius 3 is 1.03 bits per heavy atom. The molecule has 0 aliphatic carbocycles. The van der Waals surface area contributed by atoms with Crippen LogP contribution < -0.4 is 0 Å². The van der Waals surface area contributed by atoms with E-state index in [-0.39, 0.29) is 56.2 Å². The summed E-state index contributed by atoms with van der Waals surface area (Å²) in [6.45, 7) is 0. The van der Waals surface area contributed by atoms with Crippen LogP contribution >= 0.6 is 0 Å². The predicted octanol–water partition coefficient (Wildman–Crippen LogP) is 0.717. The zero-order valence-corrected chi connectivity index (χ0v) is 14.5. The molecule has 30 heavy (non-hydrogen) atoms. The van der Waals surface area contributed by atoms with Gasteiger partial charge in [0.05, 0.1) is 12.4 Å². The fourth-order valence-corrected chi connectivity index (χ4v) is 2.27. The summed E-state index contributed by atoms with van der Waals surface area (Å²) in [7, 11) is 0. The molecular weight excluding hydrogens is 384 g/mol. The lowest BCUT2D eigenvalue weighted by Crippen LogP contribution is -2.00. The predicted molar refractivity (Wildman–Crippen MR) is 94.1 cm³/mol. The van der Waals surface area contributed by atoms with E-state index in [9.17, 15) is 31.6 Å². The summed E-state index contributed by atoms with van der Waals surface area (Å²) in [6.07, 6.45) is 2.10. The molecule has 0 N–H and O–H groups in total. The molecule has 0 amide bonds.